The highest BCUT2D eigenvalue weighted by molar-refractivity contribution is 6.32. The number of carbonyl (C=O) groups is 2. The first kappa shape index (κ1) is 18.3. The van der Waals surface area contributed by atoms with Crippen LogP contribution in [0.2, 0.25) is 5.02 Å². The van der Waals surface area contributed by atoms with E-state index in [2.05, 4.69) is 10.6 Å². The van der Waals surface area contributed by atoms with E-state index < -0.39 is 0 Å². The van der Waals surface area contributed by atoms with Crippen molar-refractivity contribution in [3.05, 3.63) is 52.5 Å². The van der Waals surface area contributed by atoms with Gasteiger partial charge in [-0.25, -0.2) is 0 Å². The zero-order valence-corrected chi connectivity index (χ0v) is 15.7. The van der Waals surface area contributed by atoms with E-state index in [-0.39, 0.29) is 23.7 Å². The van der Waals surface area contributed by atoms with Crippen LogP contribution in [-0.2, 0) is 9.59 Å². The summed E-state index contributed by atoms with van der Waals surface area (Å²) in [5.41, 5.74) is 3.52. The van der Waals surface area contributed by atoms with Crippen molar-refractivity contribution >= 4 is 34.8 Å². The van der Waals surface area contributed by atoms with Crippen LogP contribution in [0, 0.1) is 25.7 Å². The van der Waals surface area contributed by atoms with E-state index in [1.807, 2.05) is 32.0 Å². The molecule has 3 rings (SSSR count). The highest BCUT2D eigenvalue weighted by Crippen LogP contribution is 2.40. The number of hydrogen-bond donors (Lipinski definition) is 2. The van der Waals surface area contributed by atoms with Crippen LogP contribution in [0.4, 0.5) is 11.4 Å². The summed E-state index contributed by atoms with van der Waals surface area (Å²) < 4.78 is 5.09. The van der Waals surface area contributed by atoms with Gasteiger partial charge in [-0.3, -0.25) is 9.59 Å². The largest absolute Gasteiger partial charge is 0.495 e. The summed E-state index contributed by atoms with van der Waals surface area (Å²) >= 11 is 6.06. The second-order valence-corrected chi connectivity index (χ2v) is 7.06. The van der Waals surface area contributed by atoms with Crippen LogP contribution in [0.25, 0.3) is 0 Å². The first-order valence-corrected chi connectivity index (χ1v) is 8.78. The lowest BCUT2D eigenvalue weighted by atomic mass is 10.1. The first-order chi connectivity index (χ1) is 12.4. The molecule has 26 heavy (non-hydrogen) atoms. The molecule has 1 aliphatic carbocycles. The highest BCUT2D eigenvalue weighted by atomic mass is 35.5. The Morgan fingerprint density at radius 3 is 2.08 bits per heavy atom. The highest BCUT2D eigenvalue weighted by Gasteiger charge is 2.48. The van der Waals surface area contributed by atoms with Crippen LogP contribution in [0.15, 0.2) is 36.4 Å². The third-order valence-electron chi connectivity index (χ3n) is 4.37. The van der Waals surface area contributed by atoms with Crippen LogP contribution in [0.5, 0.6) is 5.75 Å². The summed E-state index contributed by atoms with van der Waals surface area (Å²) in [5, 5.41) is 6.13. The van der Waals surface area contributed by atoms with E-state index in [9.17, 15) is 9.59 Å². The maximum Gasteiger partial charge on any atom is 0.228 e. The molecule has 2 unspecified atom stereocenters. The van der Waals surface area contributed by atoms with Crippen LogP contribution < -0.4 is 15.4 Å². The molecule has 2 N–H and O–H groups in total. The van der Waals surface area contributed by atoms with Gasteiger partial charge in [0.05, 0.1) is 24.0 Å². The molecule has 0 bridgehead atoms. The van der Waals surface area contributed by atoms with Gasteiger partial charge in [0, 0.05) is 11.4 Å². The Hall–Kier alpha value is -2.53. The molecule has 0 radical (unpaired) electrons. The third kappa shape index (κ3) is 4.17. The van der Waals surface area contributed by atoms with Gasteiger partial charge in [-0.2, -0.15) is 0 Å². The smallest absolute Gasteiger partial charge is 0.228 e. The summed E-state index contributed by atoms with van der Waals surface area (Å²) in [5.74, 6) is -0.372. The van der Waals surface area contributed by atoms with Gasteiger partial charge in [0.25, 0.3) is 0 Å². The van der Waals surface area contributed by atoms with Crippen LogP contribution >= 0.6 is 11.6 Å². The molecule has 1 fully saturated rings. The number of amides is 2. The van der Waals surface area contributed by atoms with Crippen LogP contribution in [0.1, 0.15) is 17.5 Å². The second kappa shape index (κ2) is 7.38. The molecule has 2 aromatic carbocycles. The molecule has 2 amide bonds. The Balaban J connectivity index is 1.58. The zero-order chi connectivity index (χ0) is 18.8. The Bertz CT molecular complexity index is 846. The summed E-state index contributed by atoms with van der Waals surface area (Å²) in [6, 6.07) is 10.9. The minimum Gasteiger partial charge on any atom is -0.495 e. The minimum atomic E-state index is -0.318. The molecule has 2 atom stereocenters. The van der Waals surface area contributed by atoms with Crippen molar-refractivity contribution in [3.8, 4) is 5.75 Å². The number of benzene rings is 2. The van der Waals surface area contributed by atoms with Crippen molar-refractivity contribution in [3.63, 3.8) is 0 Å². The summed E-state index contributed by atoms with van der Waals surface area (Å²) in [6.07, 6.45) is 0.548. The fraction of sp³-hybridized carbons (Fsp3) is 0.300. The van der Waals surface area contributed by atoms with Crippen molar-refractivity contribution in [2.45, 2.75) is 20.3 Å². The van der Waals surface area contributed by atoms with E-state index in [0.29, 0.717) is 22.9 Å². The standard InChI is InChI=1S/C20H21ClN2O3/c1-11-6-12(2)8-14(7-11)23-20(25)16-10-15(16)19(24)22-13-4-5-18(26-3)17(21)9-13/h4-9,15-16H,10H2,1-3H3,(H,22,24)(H,23,25). The molecule has 0 aromatic heterocycles. The number of rotatable bonds is 5. The molecule has 1 aliphatic rings. The Morgan fingerprint density at radius 2 is 1.54 bits per heavy atom. The molecule has 0 saturated heterocycles. The normalized spacial score (nSPS) is 18.2. The molecule has 136 valence electrons. The quantitative estimate of drug-likeness (QED) is 0.827. The molecule has 6 heteroatoms. The van der Waals surface area contributed by atoms with E-state index in [1.54, 1.807) is 18.2 Å². The average Bonchev–Trinajstić information content (AvgIpc) is 3.35. The Labute approximate surface area is 157 Å². The first-order valence-electron chi connectivity index (χ1n) is 8.41. The lowest BCUT2D eigenvalue weighted by Crippen LogP contribution is -2.20. The van der Waals surface area contributed by atoms with Gasteiger partial charge in [-0.15, -0.1) is 0 Å². The van der Waals surface area contributed by atoms with Gasteiger partial charge in [0.15, 0.2) is 0 Å². The maximum absolute atomic E-state index is 12.4. The molecule has 0 heterocycles. The van der Waals surface area contributed by atoms with Gasteiger partial charge in [0.1, 0.15) is 5.75 Å². The van der Waals surface area contributed by atoms with Crippen molar-refractivity contribution in [2.75, 3.05) is 17.7 Å². The number of aryl methyl sites for hydroxylation is 2. The van der Waals surface area contributed by atoms with Gasteiger partial charge in [-0.1, -0.05) is 17.7 Å². The maximum atomic E-state index is 12.4. The molecular weight excluding hydrogens is 352 g/mol. The Morgan fingerprint density at radius 1 is 0.962 bits per heavy atom. The third-order valence-corrected chi connectivity index (χ3v) is 4.67. The van der Waals surface area contributed by atoms with Gasteiger partial charge in [-0.05, 0) is 61.7 Å². The number of anilines is 2. The topological polar surface area (TPSA) is 67.4 Å². The van der Waals surface area contributed by atoms with Crippen molar-refractivity contribution in [1.29, 1.82) is 0 Å². The second-order valence-electron chi connectivity index (χ2n) is 6.65. The van der Waals surface area contributed by atoms with E-state index >= 15 is 0 Å². The van der Waals surface area contributed by atoms with Crippen molar-refractivity contribution < 1.29 is 14.3 Å². The fourth-order valence-corrected chi connectivity index (χ4v) is 3.29. The number of ether oxygens (including phenoxy) is 1. The Kier molecular flexibility index (Phi) is 5.18. The number of carbonyl (C=O) groups excluding carboxylic acids is 2. The monoisotopic (exact) mass is 372 g/mol. The number of hydrogen-bond acceptors (Lipinski definition) is 3. The lowest BCUT2D eigenvalue weighted by Gasteiger charge is -2.09. The lowest BCUT2D eigenvalue weighted by molar-refractivity contribution is -0.122. The summed E-state index contributed by atoms with van der Waals surface area (Å²) in [7, 11) is 1.53. The molecule has 0 spiro atoms. The van der Waals surface area contributed by atoms with Crippen LogP contribution in [-0.4, -0.2) is 18.9 Å². The summed E-state index contributed by atoms with van der Waals surface area (Å²) in [6.45, 7) is 3.96. The predicted molar refractivity (Wildman–Crippen MR) is 103 cm³/mol. The predicted octanol–water partition coefficient (Wildman–Crippen LogP) is 4.18. The van der Waals surface area contributed by atoms with Crippen molar-refractivity contribution in [1.82, 2.24) is 0 Å². The summed E-state index contributed by atoms with van der Waals surface area (Å²) in [4.78, 5) is 24.7. The number of halogens is 1. The van der Waals surface area contributed by atoms with E-state index in [4.69, 9.17) is 16.3 Å². The molecular formula is C20H21ClN2O3. The number of methoxy groups -OCH3 is 1. The molecule has 0 aliphatic heterocycles. The van der Waals surface area contributed by atoms with E-state index in [1.165, 1.54) is 7.11 Å². The minimum absolute atomic E-state index is 0.122. The van der Waals surface area contributed by atoms with E-state index in [0.717, 1.165) is 16.8 Å². The number of nitrogens with one attached hydrogen (secondary N) is 2. The fourth-order valence-electron chi connectivity index (χ4n) is 3.04. The van der Waals surface area contributed by atoms with Gasteiger partial charge >= 0.3 is 0 Å². The molecule has 1 saturated carbocycles. The SMILES string of the molecule is COc1ccc(NC(=O)C2CC2C(=O)Nc2cc(C)cc(C)c2)cc1Cl. The average molecular weight is 373 g/mol. The zero-order valence-electron chi connectivity index (χ0n) is 14.9. The van der Waals surface area contributed by atoms with Crippen LogP contribution in [0.3, 0.4) is 0 Å². The van der Waals surface area contributed by atoms with Gasteiger partial charge < -0.3 is 15.4 Å². The van der Waals surface area contributed by atoms with Gasteiger partial charge in [0.2, 0.25) is 11.8 Å². The molecule has 2 aromatic rings. The van der Waals surface area contributed by atoms with Crippen molar-refractivity contribution in [2.24, 2.45) is 11.8 Å². The molecule has 5 nitrogen and oxygen atoms in total.